The Balaban J connectivity index is 2.05. The second-order valence-electron chi connectivity index (χ2n) is 3.23. The van der Waals surface area contributed by atoms with E-state index in [-0.39, 0.29) is 0 Å². The molecule has 0 unspecified atom stereocenters. The zero-order valence-corrected chi connectivity index (χ0v) is 10.4. The Morgan fingerprint density at radius 1 is 1.31 bits per heavy atom. The Labute approximate surface area is 102 Å². The highest BCUT2D eigenvalue weighted by Crippen LogP contribution is 2.17. The Morgan fingerprint density at radius 3 is 2.75 bits per heavy atom. The van der Waals surface area contributed by atoms with Crippen molar-refractivity contribution in [1.82, 2.24) is 19.7 Å². The zero-order valence-electron chi connectivity index (χ0n) is 8.80. The predicted octanol–water partition coefficient (Wildman–Crippen LogP) is 2.64. The third kappa shape index (κ3) is 2.79. The quantitative estimate of drug-likeness (QED) is 0.865. The highest BCUT2D eigenvalue weighted by atomic mass is 79.9. The van der Waals surface area contributed by atoms with Crippen LogP contribution in [-0.2, 0) is 6.54 Å². The van der Waals surface area contributed by atoms with Crippen LogP contribution in [0.25, 0.3) is 0 Å². The summed E-state index contributed by atoms with van der Waals surface area (Å²) in [6.07, 6.45) is 7.80. The van der Waals surface area contributed by atoms with Crippen molar-refractivity contribution in [2.45, 2.75) is 19.9 Å². The summed E-state index contributed by atoms with van der Waals surface area (Å²) < 4.78 is 8.08. The molecule has 0 aliphatic rings. The molecule has 5 nitrogen and oxygen atoms in total. The molecule has 0 aliphatic carbocycles. The molecule has 0 spiro atoms. The Bertz CT molecular complexity index is 454. The van der Waals surface area contributed by atoms with Crippen molar-refractivity contribution in [3.63, 3.8) is 0 Å². The predicted molar refractivity (Wildman–Crippen MR) is 62.3 cm³/mol. The fourth-order valence-corrected chi connectivity index (χ4v) is 1.41. The minimum absolute atomic E-state index is 0.319. The Morgan fingerprint density at radius 2 is 2.06 bits per heavy atom. The van der Waals surface area contributed by atoms with Gasteiger partial charge in [-0.25, -0.2) is 9.97 Å². The number of hydrogen-bond donors (Lipinski definition) is 0. The first-order chi connectivity index (χ1) is 7.78. The minimum atomic E-state index is 0.319. The van der Waals surface area contributed by atoms with Crippen LogP contribution < -0.4 is 4.74 Å². The maximum Gasteiger partial charge on any atom is 0.322 e. The van der Waals surface area contributed by atoms with Gasteiger partial charge in [0.1, 0.15) is 0 Å². The maximum absolute atomic E-state index is 5.43. The van der Waals surface area contributed by atoms with E-state index in [4.69, 9.17) is 4.74 Å². The second-order valence-corrected chi connectivity index (χ2v) is 4.14. The van der Waals surface area contributed by atoms with Crippen molar-refractivity contribution in [3.8, 4) is 11.8 Å². The van der Waals surface area contributed by atoms with E-state index in [0.29, 0.717) is 11.8 Å². The van der Waals surface area contributed by atoms with Gasteiger partial charge in [0.25, 0.3) is 0 Å². The smallest absolute Gasteiger partial charge is 0.322 e. The van der Waals surface area contributed by atoms with Gasteiger partial charge in [0.2, 0.25) is 0 Å². The lowest BCUT2D eigenvalue weighted by molar-refractivity contribution is 0.440. The topological polar surface area (TPSA) is 52.8 Å². The van der Waals surface area contributed by atoms with Crippen LogP contribution in [0.3, 0.4) is 0 Å². The van der Waals surface area contributed by atoms with Crippen molar-refractivity contribution in [2.75, 3.05) is 0 Å². The number of hydrogen-bond acceptors (Lipinski definition) is 4. The summed E-state index contributed by atoms with van der Waals surface area (Å²) in [4.78, 5) is 8.02. The summed E-state index contributed by atoms with van der Waals surface area (Å²) in [6.45, 7) is 2.98. The fourth-order valence-electron chi connectivity index (χ4n) is 1.21. The van der Waals surface area contributed by atoms with Gasteiger partial charge in [-0.2, -0.15) is 5.10 Å². The summed E-state index contributed by atoms with van der Waals surface area (Å²) >= 11 is 3.26. The van der Waals surface area contributed by atoms with Crippen molar-refractivity contribution in [2.24, 2.45) is 0 Å². The standard InChI is InChI=1S/C10H11BrN4O/c1-2-3-15-7-9(6-14-15)16-10-12-4-8(11)5-13-10/h4-7H,2-3H2,1H3. The van der Waals surface area contributed by atoms with E-state index in [0.717, 1.165) is 17.4 Å². The molecule has 0 saturated carbocycles. The number of aryl methyl sites for hydroxylation is 1. The summed E-state index contributed by atoms with van der Waals surface area (Å²) in [5, 5.41) is 4.15. The molecular weight excluding hydrogens is 272 g/mol. The highest BCUT2D eigenvalue weighted by molar-refractivity contribution is 9.10. The van der Waals surface area contributed by atoms with Crippen LogP contribution >= 0.6 is 15.9 Å². The van der Waals surface area contributed by atoms with Crippen LogP contribution in [0.2, 0.25) is 0 Å². The summed E-state index contributed by atoms with van der Waals surface area (Å²) in [6, 6.07) is 0.319. The maximum atomic E-state index is 5.43. The van der Waals surface area contributed by atoms with E-state index in [9.17, 15) is 0 Å². The monoisotopic (exact) mass is 282 g/mol. The molecule has 2 aromatic heterocycles. The molecule has 0 aliphatic heterocycles. The lowest BCUT2D eigenvalue weighted by Crippen LogP contribution is -1.95. The number of ether oxygens (including phenoxy) is 1. The molecule has 6 heteroatoms. The number of aromatic nitrogens is 4. The highest BCUT2D eigenvalue weighted by Gasteiger charge is 2.02. The molecule has 0 amide bonds. The SMILES string of the molecule is CCCn1cc(Oc2ncc(Br)cn2)cn1. The molecule has 0 fully saturated rings. The van der Waals surface area contributed by atoms with E-state index < -0.39 is 0 Å². The molecule has 16 heavy (non-hydrogen) atoms. The Hall–Kier alpha value is -1.43. The van der Waals surface area contributed by atoms with E-state index >= 15 is 0 Å². The van der Waals surface area contributed by atoms with Crippen LogP contribution in [0, 0.1) is 0 Å². The largest absolute Gasteiger partial charge is 0.421 e. The summed E-state index contributed by atoms with van der Waals surface area (Å²) in [5.74, 6) is 0.649. The van der Waals surface area contributed by atoms with Crippen molar-refractivity contribution in [1.29, 1.82) is 0 Å². The average Bonchev–Trinajstić information content (AvgIpc) is 2.70. The fraction of sp³-hybridized carbons (Fsp3) is 0.300. The van der Waals surface area contributed by atoms with E-state index in [1.54, 1.807) is 18.6 Å². The third-order valence-electron chi connectivity index (χ3n) is 1.87. The van der Waals surface area contributed by atoms with Gasteiger partial charge in [-0.05, 0) is 22.4 Å². The number of nitrogens with zero attached hydrogens (tertiary/aromatic N) is 4. The van der Waals surface area contributed by atoms with Crippen molar-refractivity contribution < 1.29 is 4.74 Å². The van der Waals surface area contributed by atoms with Crippen LogP contribution in [0.5, 0.6) is 11.8 Å². The molecule has 0 bridgehead atoms. The van der Waals surface area contributed by atoms with E-state index in [2.05, 4.69) is 37.9 Å². The van der Waals surface area contributed by atoms with Gasteiger partial charge in [-0.3, -0.25) is 4.68 Å². The van der Waals surface area contributed by atoms with Gasteiger partial charge >= 0.3 is 6.01 Å². The number of rotatable bonds is 4. The molecule has 2 aromatic rings. The Kier molecular flexibility index (Phi) is 3.51. The van der Waals surface area contributed by atoms with Crippen molar-refractivity contribution in [3.05, 3.63) is 29.3 Å². The first kappa shape index (κ1) is 11.1. The molecule has 0 N–H and O–H groups in total. The minimum Gasteiger partial charge on any atom is -0.421 e. The molecule has 0 saturated heterocycles. The molecular formula is C10H11BrN4O. The van der Waals surface area contributed by atoms with Gasteiger partial charge in [0.15, 0.2) is 5.75 Å². The summed E-state index contributed by atoms with van der Waals surface area (Å²) in [7, 11) is 0. The van der Waals surface area contributed by atoms with Gasteiger partial charge in [-0.1, -0.05) is 6.92 Å². The molecule has 2 heterocycles. The lowest BCUT2D eigenvalue weighted by Gasteiger charge is -1.99. The van der Waals surface area contributed by atoms with Gasteiger partial charge in [0.05, 0.1) is 16.9 Å². The normalized spacial score (nSPS) is 10.4. The molecule has 2 rings (SSSR count). The van der Waals surface area contributed by atoms with Crippen LogP contribution in [0.1, 0.15) is 13.3 Å². The van der Waals surface area contributed by atoms with Crippen LogP contribution in [-0.4, -0.2) is 19.7 Å². The molecule has 0 atom stereocenters. The molecule has 0 radical (unpaired) electrons. The summed E-state index contributed by atoms with van der Waals surface area (Å²) in [5.41, 5.74) is 0. The van der Waals surface area contributed by atoms with Crippen LogP contribution in [0.15, 0.2) is 29.3 Å². The first-order valence-electron chi connectivity index (χ1n) is 4.96. The van der Waals surface area contributed by atoms with Gasteiger partial charge < -0.3 is 4.74 Å². The van der Waals surface area contributed by atoms with E-state index in [1.807, 2.05) is 10.9 Å². The second kappa shape index (κ2) is 5.07. The lowest BCUT2D eigenvalue weighted by atomic mass is 10.5. The van der Waals surface area contributed by atoms with Gasteiger partial charge in [-0.15, -0.1) is 0 Å². The first-order valence-corrected chi connectivity index (χ1v) is 5.75. The molecule has 0 aromatic carbocycles. The third-order valence-corrected chi connectivity index (χ3v) is 2.28. The van der Waals surface area contributed by atoms with Crippen molar-refractivity contribution >= 4 is 15.9 Å². The zero-order chi connectivity index (χ0) is 11.4. The van der Waals surface area contributed by atoms with E-state index in [1.165, 1.54) is 0 Å². The average molecular weight is 283 g/mol. The van der Waals surface area contributed by atoms with Gasteiger partial charge in [0, 0.05) is 18.9 Å². The molecule has 84 valence electrons. The van der Waals surface area contributed by atoms with Crippen LogP contribution in [0.4, 0.5) is 0 Å². The number of halogens is 1.